The number of aryl methyl sites for hydroxylation is 1. The van der Waals surface area contributed by atoms with E-state index in [4.69, 9.17) is 0 Å². The molecule has 3 aliphatic rings. The molecule has 1 atom stereocenters. The van der Waals surface area contributed by atoms with E-state index in [1.54, 1.807) is 0 Å². The van der Waals surface area contributed by atoms with E-state index in [0.29, 0.717) is 6.42 Å². The molecule has 0 amide bonds. The van der Waals surface area contributed by atoms with E-state index in [1.165, 1.54) is 5.56 Å². The van der Waals surface area contributed by atoms with Gasteiger partial charge in [-0.05, 0) is 24.3 Å². The minimum Gasteiger partial charge on any atom is -0.358 e. The summed E-state index contributed by atoms with van der Waals surface area (Å²) in [6, 6.07) is 16.0. The van der Waals surface area contributed by atoms with Crippen LogP contribution < -0.4 is 5.32 Å². The van der Waals surface area contributed by atoms with Crippen LogP contribution in [-0.2, 0) is 4.79 Å². The SMILES string of the molecule is Cc1ccc([C@H]2C3=C(CC(C)(C)CC3=O)NC3=C2C(=O)c2ccccc23)cc1. The lowest BCUT2D eigenvalue weighted by atomic mass is 9.68. The topological polar surface area (TPSA) is 46.2 Å². The summed E-state index contributed by atoms with van der Waals surface area (Å²) in [6.07, 6.45) is 1.32. The van der Waals surface area contributed by atoms with E-state index in [0.717, 1.165) is 45.7 Å². The van der Waals surface area contributed by atoms with Gasteiger partial charge in [0.1, 0.15) is 0 Å². The fourth-order valence-electron chi connectivity index (χ4n) is 4.88. The number of ketones is 2. The lowest BCUT2D eigenvalue weighted by Crippen LogP contribution is -2.37. The average molecular weight is 369 g/mol. The molecule has 0 spiro atoms. The normalized spacial score (nSPS) is 22.6. The Morgan fingerprint density at radius 2 is 1.57 bits per heavy atom. The number of rotatable bonds is 1. The fraction of sp³-hybridized carbons (Fsp3) is 0.280. The van der Waals surface area contributed by atoms with Crippen LogP contribution in [0.5, 0.6) is 0 Å². The van der Waals surface area contributed by atoms with E-state index >= 15 is 0 Å². The molecule has 0 unspecified atom stereocenters. The molecule has 28 heavy (non-hydrogen) atoms. The van der Waals surface area contributed by atoms with Gasteiger partial charge in [0.15, 0.2) is 11.6 Å². The first-order valence-electron chi connectivity index (χ1n) is 9.84. The van der Waals surface area contributed by atoms with Gasteiger partial charge in [-0.3, -0.25) is 9.59 Å². The van der Waals surface area contributed by atoms with E-state index in [2.05, 4.69) is 43.4 Å². The molecule has 2 aliphatic carbocycles. The van der Waals surface area contributed by atoms with Crippen LogP contribution in [0, 0.1) is 12.3 Å². The lowest BCUT2D eigenvalue weighted by molar-refractivity contribution is -0.118. The van der Waals surface area contributed by atoms with Gasteiger partial charge in [-0.2, -0.15) is 0 Å². The third-order valence-corrected chi connectivity index (χ3v) is 6.14. The number of carbonyl (C=O) groups is 2. The average Bonchev–Trinajstić information content (AvgIpc) is 2.93. The van der Waals surface area contributed by atoms with Crippen molar-refractivity contribution >= 4 is 17.3 Å². The van der Waals surface area contributed by atoms with E-state index < -0.39 is 0 Å². The van der Waals surface area contributed by atoms with Gasteiger partial charge in [-0.15, -0.1) is 0 Å². The molecule has 5 rings (SSSR count). The highest BCUT2D eigenvalue weighted by molar-refractivity contribution is 6.23. The van der Waals surface area contributed by atoms with Gasteiger partial charge in [0, 0.05) is 40.3 Å². The monoisotopic (exact) mass is 369 g/mol. The summed E-state index contributed by atoms with van der Waals surface area (Å²) in [5.74, 6) is -0.108. The highest BCUT2D eigenvalue weighted by Crippen LogP contribution is 2.51. The van der Waals surface area contributed by atoms with Crippen LogP contribution in [-0.4, -0.2) is 11.6 Å². The highest BCUT2D eigenvalue weighted by Gasteiger charge is 2.46. The van der Waals surface area contributed by atoms with Crippen LogP contribution in [0.25, 0.3) is 5.70 Å². The van der Waals surface area contributed by atoms with Crippen LogP contribution in [0.2, 0.25) is 0 Å². The number of dihydropyridines is 1. The molecule has 3 heteroatoms. The molecule has 2 aromatic rings. The number of hydrogen-bond acceptors (Lipinski definition) is 3. The van der Waals surface area contributed by atoms with Crippen molar-refractivity contribution in [2.75, 3.05) is 0 Å². The molecular weight excluding hydrogens is 346 g/mol. The quantitative estimate of drug-likeness (QED) is 0.775. The summed E-state index contributed by atoms with van der Waals surface area (Å²) in [4.78, 5) is 26.6. The smallest absolute Gasteiger partial charge is 0.192 e. The first-order valence-corrected chi connectivity index (χ1v) is 9.84. The van der Waals surface area contributed by atoms with Crippen LogP contribution in [0.3, 0.4) is 0 Å². The molecule has 1 N–H and O–H groups in total. The Hall–Kier alpha value is -2.94. The zero-order valence-electron chi connectivity index (χ0n) is 16.4. The minimum atomic E-state index is -0.296. The third kappa shape index (κ3) is 2.42. The van der Waals surface area contributed by atoms with Crippen LogP contribution in [0.4, 0.5) is 0 Å². The number of carbonyl (C=O) groups excluding carboxylic acids is 2. The summed E-state index contributed by atoms with van der Waals surface area (Å²) in [5.41, 5.74) is 7.14. The molecule has 1 aliphatic heterocycles. The number of nitrogens with one attached hydrogen (secondary N) is 1. The van der Waals surface area contributed by atoms with Crippen molar-refractivity contribution < 1.29 is 9.59 Å². The number of benzene rings is 2. The summed E-state index contributed by atoms with van der Waals surface area (Å²) in [7, 11) is 0. The zero-order chi connectivity index (χ0) is 19.6. The van der Waals surface area contributed by atoms with Gasteiger partial charge in [0.25, 0.3) is 0 Å². The van der Waals surface area contributed by atoms with Gasteiger partial charge in [0.2, 0.25) is 0 Å². The number of fused-ring (bicyclic) bond motifs is 2. The second-order valence-electron chi connectivity index (χ2n) is 8.97. The highest BCUT2D eigenvalue weighted by atomic mass is 16.1. The van der Waals surface area contributed by atoms with E-state index in [-0.39, 0.29) is 22.9 Å². The Balaban J connectivity index is 1.75. The molecule has 2 aromatic carbocycles. The zero-order valence-corrected chi connectivity index (χ0v) is 16.4. The Morgan fingerprint density at radius 3 is 2.29 bits per heavy atom. The third-order valence-electron chi connectivity index (χ3n) is 6.14. The van der Waals surface area contributed by atoms with Gasteiger partial charge >= 0.3 is 0 Å². The second-order valence-corrected chi connectivity index (χ2v) is 8.97. The lowest BCUT2D eigenvalue weighted by Gasteiger charge is -2.39. The van der Waals surface area contributed by atoms with Crippen LogP contribution in [0.1, 0.15) is 59.7 Å². The first kappa shape index (κ1) is 17.2. The molecule has 0 saturated heterocycles. The van der Waals surface area contributed by atoms with Gasteiger partial charge in [-0.1, -0.05) is 67.9 Å². The van der Waals surface area contributed by atoms with Crippen molar-refractivity contribution in [1.29, 1.82) is 0 Å². The van der Waals surface area contributed by atoms with Gasteiger partial charge < -0.3 is 5.32 Å². The molecule has 0 radical (unpaired) electrons. The largest absolute Gasteiger partial charge is 0.358 e. The van der Waals surface area contributed by atoms with Crippen molar-refractivity contribution in [1.82, 2.24) is 5.32 Å². The van der Waals surface area contributed by atoms with Gasteiger partial charge in [-0.25, -0.2) is 0 Å². The van der Waals surface area contributed by atoms with Crippen molar-refractivity contribution in [3.63, 3.8) is 0 Å². The van der Waals surface area contributed by atoms with Crippen LogP contribution in [0.15, 0.2) is 65.4 Å². The molecule has 140 valence electrons. The molecule has 0 saturated carbocycles. The predicted octanol–water partition coefficient (Wildman–Crippen LogP) is 4.93. The standard InChI is InChI=1S/C25H23NO2/c1-14-8-10-15(11-9-14)20-21-18(12-25(2,3)13-19(21)27)26-23-16-6-4-5-7-17(16)24(28)22(20)23/h4-11,20,26H,12-13H2,1-3H3/t20-/m0/s1. The van der Waals surface area contributed by atoms with E-state index in [9.17, 15) is 9.59 Å². The predicted molar refractivity (Wildman–Crippen MR) is 110 cm³/mol. The first-order chi connectivity index (χ1) is 13.4. The van der Waals surface area contributed by atoms with Crippen molar-refractivity contribution in [3.05, 3.63) is 87.6 Å². The van der Waals surface area contributed by atoms with Crippen molar-refractivity contribution in [2.24, 2.45) is 5.41 Å². The summed E-state index contributed by atoms with van der Waals surface area (Å²) in [5, 5.41) is 3.52. The summed E-state index contributed by atoms with van der Waals surface area (Å²) in [6.45, 7) is 6.32. The maximum atomic E-state index is 13.4. The molecule has 3 nitrogen and oxygen atoms in total. The Kier molecular flexibility index (Phi) is 3.54. The van der Waals surface area contributed by atoms with E-state index in [1.807, 2.05) is 31.2 Å². The van der Waals surface area contributed by atoms with Crippen LogP contribution >= 0.6 is 0 Å². The minimum absolute atomic E-state index is 0.0351. The summed E-state index contributed by atoms with van der Waals surface area (Å²) >= 11 is 0. The fourth-order valence-corrected chi connectivity index (χ4v) is 4.88. The van der Waals surface area contributed by atoms with Crippen molar-refractivity contribution in [3.8, 4) is 0 Å². The number of Topliss-reactive ketones (excluding diaryl/α,β-unsaturated/α-hetero) is 2. The molecule has 0 bridgehead atoms. The molecular formula is C25H23NO2. The maximum Gasteiger partial charge on any atom is 0.192 e. The Labute approximate surface area is 165 Å². The molecule has 0 fully saturated rings. The Bertz CT molecular complexity index is 1100. The van der Waals surface area contributed by atoms with Crippen molar-refractivity contribution in [2.45, 2.75) is 39.5 Å². The maximum absolute atomic E-state index is 13.4. The molecule has 1 heterocycles. The number of hydrogen-bond donors (Lipinski definition) is 1. The molecule has 0 aromatic heterocycles. The second kappa shape index (κ2) is 5.78. The Morgan fingerprint density at radius 1 is 0.893 bits per heavy atom. The number of allylic oxidation sites excluding steroid dienone is 3. The van der Waals surface area contributed by atoms with Gasteiger partial charge in [0.05, 0.1) is 5.70 Å². The summed E-state index contributed by atoms with van der Waals surface area (Å²) < 4.78 is 0.